The molecular formula is C37H25NO. The van der Waals surface area contributed by atoms with Gasteiger partial charge >= 0.3 is 0 Å². The molecule has 1 heterocycles. The molecule has 2 heteroatoms. The van der Waals surface area contributed by atoms with Crippen LogP contribution < -0.4 is 5.56 Å². The average Bonchev–Trinajstić information content (AvgIpc) is 3.00. The van der Waals surface area contributed by atoms with Gasteiger partial charge in [-0.2, -0.15) is 0 Å². The Hall–Kier alpha value is -5.21. The molecule has 0 spiro atoms. The van der Waals surface area contributed by atoms with E-state index in [1.54, 1.807) is 16.7 Å². The number of hydrogen-bond acceptors (Lipinski definition) is 1. The van der Waals surface area contributed by atoms with E-state index in [-0.39, 0.29) is 5.56 Å². The molecule has 39 heavy (non-hydrogen) atoms. The number of hydrogen-bond donors (Lipinski definition) is 0. The van der Waals surface area contributed by atoms with Crippen LogP contribution in [0.5, 0.6) is 0 Å². The second-order valence-electron chi connectivity index (χ2n) is 9.80. The monoisotopic (exact) mass is 499 g/mol. The average molecular weight is 500 g/mol. The molecule has 0 N–H and O–H groups in total. The maximum absolute atomic E-state index is 13.6. The van der Waals surface area contributed by atoms with Gasteiger partial charge in [0.2, 0.25) is 0 Å². The van der Waals surface area contributed by atoms with Crippen molar-refractivity contribution in [3.63, 3.8) is 0 Å². The van der Waals surface area contributed by atoms with Crippen molar-refractivity contribution >= 4 is 59.7 Å². The topological polar surface area (TPSA) is 22.0 Å². The summed E-state index contributed by atoms with van der Waals surface area (Å²) in [4.78, 5) is 13.6. The van der Waals surface area contributed by atoms with E-state index in [4.69, 9.17) is 0 Å². The van der Waals surface area contributed by atoms with Crippen LogP contribution in [-0.2, 0) is 0 Å². The molecule has 7 rings (SSSR count). The lowest BCUT2D eigenvalue weighted by atomic mass is 9.91. The van der Waals surface area contributed by atoms with Gasteiger partial charge in [0.05, 0.1) is 5.52 Å². The van der Waals surface area contributed by atoms with E-state index >= 15 is 0 Å². The molecule has 0 aliphatic heterocycles. The van der Waals surface area contributed by atoms with Crippen LogP contribution in [0.1, 0.15) is 0 Å². The molecule has 0 fully saturated rings. The number of rotatable bonds is 4. The molecule has 184 valence electrons. The zero-order valence-corrected chi connectivity index (χ0v) is 21.4. The summed E-state index contributed by atoms with van der Waals surface area (Å²) in [6.07, 6.45) is 5.20. The first kappa shape index (κ1) is 22.9. The van der Waals surface area contributed by atoms with Crippen LogP contribution in [0.3, 0.4) is 0 Å². The highest BCUT2D eigenvalue weighted by Gasteiger charge is 2.14. The molecule has 0 amide bonds. The second kappa shape index (κ2) is 8.97. The lowest BCUT2D eigenvalue weighted by Gasteiger charge is -2.16. The third-order valence-electron chi connectivity index (χ3n) is 7.72. The van der Waals surface area contributed by atoms with E-state index in [1.165, 1.54) is 32.3 Å². The molecule has 0 aliphatic rings. The second-order valence-corrected chi connectivity index (χ2v) is 9.80. The van der Waals surface area contributed by atoms with Crippen molar-refractivity contribution in [1.82, 2.24) is 4.57 Å². The van der Waals surface area contributed by atoms with Gasteiger partial charge in [-0.05, 0) is 85.2 Å². The zero-order chi connectivity index (χ0) is 26.5. The zero-order valence-electron chi connectivity index (χ0n) is 21.4. The summed E-state index contributed by atoms with van der Waals surface area (Å²) in [5.41, 5.74) is 3.71. The highest BCUT2D eigenvalue weighted by molar-refractivity contribution is 6.25. The number of allylic oxidation sites excluding steroid dienone is 4. The van der Waals surface area contributed by atoms with Gasteiger partial charge in [-0.15, -0.1) is 0 Å². The van der Waals surface area contributed by atoms with Crippen LogP contribution in [-0.4, -0.2) is 4.57 Å². The summed E-state index contributed by atoms with van der Waals surface area (Å²) < 4.78 is 1.73. The number of benzene rings is 6. The van der Waals surface area contributed by atoms with Crippen LogP contribution >= 0.6 is 0 Å². The SMILES string of the molecule is C=C/C=C(\C=C)n1c(=O)c2ccccc2c2cc(-c3ccc4c5ccccc5c5ccccc5c4c3)ccc21. The smallest absolute Gasteiger partial charge is 0.263 e. The van der Waals surface area contributed by atoms with Crippen molar-refractivity contribution in [1.29, 1.82) is 0 Å². The normalized spacial score (nSPS) is 12.1. The number of nitrogens with zero attached hydrogens (tertiary/aromatic N) is 1. The van der Waals surface area contributed by atoms with Crippen LogP contribution in [0.4, 0.5) is 0 Å². The lowest BCUT2D eigenvalue weighted by Crippen LogP contribution is -2.19. The molecule has 0 saturated heterocycles. The summed E-state index contributed by atoms with van der Waals surface area (Å²) >= 11 is 0. The van der Waals surface area contributed by atoms with Gasteiger partial charge in [0, 0.05) is 16.5 Å². The molecule has 2 nitrogen and oxygen atoms in total. The predicted octanol–water partition coefficient (Wildman–Crippen LogP) is 9.49. The van der Waals surface area contributed by atoms with Crippen molar-refractivity contribution < 1.29 is 0 Å². The lowest BCUT2D eigenvalue weighted by molar-refractivity contribution is 1.10. The molecule has 0 atom stereocenters. The standard InChI is InChI=1S/C37H25NO/c1-3-11-26(4-2)38-36-21-19-25(23-35(36)31-16-9-10-17-33(31)37(38)39)24-18-20-32-29-14-6-5-12-27(29)28-13-7-8-15-30(28)34(32)22-24/h3-23H,1-2H2/b26-11+. The fraction of sp³-hybridized carbons (Fsp3) is 0. The van der Waals surface area contributed by atoms with Gasteiger partial charge in [-0.3, -0.25) is 9.36 Å². The van der Waals surface area contributed by atoms with Crippen molar-refractivity contribution in [2.75, 3.05) is 0 Å². The first-order valence-electron chi connectivity index (χ1n) is 13.1. The van der Waals surface area contributed by atoms with Crippen LogP contribution in [0, 0.1) is 0 Å². The third kappa shape index (κ3) is 3.46. The summed E-state index contributed by atoms with van der Waals surface area (Å²) in [6, 6.07) is 38.2. The predicted molar refractivity (Wildman–Crippen MR) is 168 cm³/mol. The molecule has 0 unspecified atom stereocenters. The Labute approximate surface area is 226 Å². The van der Waals surface area contributed by atoms with E-state index in [2.05, 4.69) is 92.0 Å². The summed E-state index contributed by atoms with van der Waals surface area (Å²) in [6.45, 7) is 7.77. The van der Waals surface area contributed by atoms with E-state index in [0.29, 0.717) is 11.1 Å². The molecule has 7 aromatic rings. The molecule has 1 aromatic heterocycles. The van der Waals surface area contributed by atoms with E-state index < -0.39 is 0 Å². The Morgan fingerprint density at radius 2 is 1.00 bits per heavy atom. The highest BCUT2D eigenvalue weighted by atomic mass is 16.1. The molecule has 0 radical (unpaired) electrons. The molecular weight excluding hydrogens is 474 g/mol. The van der Waals surface area contributed by atoms with Gasteiger partial charge in [0.25, 0.3) is 5.56 Å². The van der Waals surface area contributed by atoms with Gasteiger partial charge in [-0.25, -0.2) is 0 Å². The van der Waals surface area contributed by atoms with E-state index in [1.807, 2.05) is 36.4 Å². The van der Waals surface area contributed by atoms with Crippen molar-refractivity contribution in [2.24, 2.45) is 0 Å². The van der Waals surface area contributed by atoms with E-state index in [9.17, 15) is 4.79 Å². The Morgan fingerprint density at radius 1 is 0.538 bits per heavy atom. The fourth-order valence-corrected chi connectivity index (χ4v) is 5.96. The first-order valence-corrected chi connectivity index (χ1v) is 13.1. The van der Waals surface area contributed by atoms with Gasteiger partial charge in [0.15, 0.2) is 0 Å². The van der Waals surface area contributed by atoms with Crippen LogP contribution in [0.15, 0.2) is 145 Å². The Bertz CT molecular complexity index is 2190. The maximum Gasteiger partial charge on any atom is 0.263 e. The summed E-state index contributed by atoms with van der Waals surface area (Å²) in [5, 5.41) is 10.2. The van der Waals surface area contributed by atoms with Gasteiger partial charge in [0.1, 0.15) is 0 Å². The molecule has 0 saturated carbocycles. The number of fused-ring (bicyclic) bond motifs is 9. The first-order chi connectivity index (χ1) is 19.2. The third-order valence-corrected chi connectivity index (χ3v) is 7.72. The summed E-state index contributed by atoms with van der Waals surface area (Å²) in [5.74, 6) is 0. The van der Waals surface area contributed by atoms with Crippen LogP contribution in [0.25, 0.3) is 70.8 Å². The fourth-order valence-electron chi connectivity index (χ4n) is 5.96. The largest absolute Gasteiger partial charge is 0.276 e. The Balaban J connectivity index is 1.55. The minimum Gasteiger partial charge on any atom is -0.276 e. The van der Waals surface area contributed by atoms with Gasteiger partial charge in [-0.1, -0.05) is 104 Å². The number of aromatic nitrogens is 1. The van der Waals surface area contributed by atoms with Crippen LogP contribution in [0.2, 0.25) is 0 Å². The quantitative estimate of drug-likeness (QED) is 0.175. The van der Waals surface area contributed by atoms with Crippen molar-refractivity contribution in [2.45, 2.75) is 0 Å². The highest BCUT2D eigenvalue weighted by Crippen LogP contribution is 2.38. The van der Waals surface area contributed by atoms with Crippen molar-refractivity contribution in [3.05, 3.63) is 151 Å². The number of pyridine rings is 1. The van der Waals surface area contributed by atoms with Crippen molar-refractivity contribution in [3.8, 4) is 11.1 Å². The minimum absolute atomic E-state index is 0.0668. The molecule has 0 aliphatic carbocycles. The summed E-state index contributed by atoms with van der Waals surface area (Å²) in [7, 11) is 0. The minimum atomic E-state index is -0.0668. The Kier molecular flexibility index (Phi) is 5.28. The Morgan fingerprint density at radius 3 is 1.56 bits per heavy atom. The molecule has 0 bridgehead atoms. The molecule has 6 aromatic carbocycles. The van der Waals surface area contributed by atoms with E-state index in [0.717, 1.165) is 27.4 Å². The maximum atomic E-state index is 13.6. The van der Waals surface area contributed by atoms with Gasteiger partial charge < -0.3 is 0 Å².